The van der Waals surface area contributed by atoms with Gasteiger partial charge in [0.25, 0.3) is 5.91 Å². The van der Waals surface area contributed by atoms with Crippen LogP contribution in [0, 0.1) is 0 Å². The molecule has 3 N–H and O–H groups in total. The van der Waals surface area contributed by atoms with Gasteiger partial charge >= 0.3 is 6.18 Å². The highest BCUT2D eigenvalue weighted by Gasteiger charge is 2.30. The van der Waals surface area contributed by atoms with Crippen LogP contribution < -0.4 is 11.1 Å². The summed E-state index contributed by atoms with van der Waals surface area (Å²) in [5.74, 6) is -0.526. The summed E-state index contributed by atoms with van der Waals surface area (Å²) in [4.78, 5) is 11.7. The Bertz CT molecular complexity index is 418. The molecule has 0 aromatic heterocycles. The van der Waals surface area contributed by atoms with Gasteiger partial charge in [0.15, 0.2) is 0 Å². The first-order chi connectivity index (χ1) is 8.31. The Morgan fingerprint density at radius 3 is 2.67 bits per heavy atom. The Balaban J connectivity index is 2.64. The normalized spacial score (nSPS) is 13.2. The zero-order chi connectivity index (χ0) is 13.8. The van der Waals surface area contributed by atoms with Crippen molar-refractivity contribution in [2.75, 3.05) is 0 Å². The van der Waals surface area contributed by atoms with E-state index in [2.05, 4.69) is 5.32 Å². The number of alkyl halides is 3. The summed E-state index contributed by atoms with van der Waals surface area (Å²) in [6.07, 6.45) is -5.33. The quantitative estimate of drug-likeness (QED) is 0.872. The van der Waals surface area contributed by atoms with E-state index in [1.54, 1.807) is 18.2 Å². The Kier molecular flexibility index (Phi) is 4.72. The molecule has 3 nitrogen and oxygen atoms in total. The average Bonchev–Trinajstić information content (AvgIpc) is 2.26. The smallest absolute Gasteiger partial charge is 0.349 e. The molecule has 1 rings (SSSR count). The topological polar surface area (TPSA) is 55.1 Å². The second-order valence-corrected chi connectivity index (χ2v) is 4.10. The maximum absolute atomic E-state index is 12.1. The Morgan fingerprint density at radius 1 is 1.44 bits per heavy atom. The van der Waals surface area contributed by atoms with Crippen molar-refractivity contribution in [1.82, 2.24) is 5.32 Å². The number of benzene rings is 1. The zero-order valence-electron chi connectivity index (χ0n) is 9.92. The number of carbonyl (C=O) groups is 1. The lowest BCUT2D eigenvalue weighted by atomic mass is 10.1. The van der Waals surface area contributed by atoms with Crippen LogP contribution in [0.25, 0.3) is 0 Å². The van der Waals surface area contributed by atoms with Gasteiger partial charge in [-0.1, -0.05) is 12.1 Å². The molecular formula is C12H15F3N2O. The third-order valence-electron chi connectivity index (χ3n) is 2.34. The summed E-state index contributed by atoms with van der Waals surface area (Å²) in [6, 6.07) is 5.53. The van der Waals surface area contributed by atoms with Crippen LogP contribution in [-0.2, 0) is 6.54 Å². The number of hydrogen-bond acceptors (Lipinski definition) is 2. The van der Waals surface area contributed by atoms with Crippen molar-refractivity contribution in [2.45, 2.75) is 32.1 Å². The van der Waals surface area contributed by atoms with E-state index in [4.69, 9.17) is 5.73 Å². The highest BCUT2D eigenvalue weighted by atomic mass is 19.4. The molecule has 18 heavy (non-hydrogen) atoms. The minimum atomic E-state index is -4.29. The molecule has 0 aliphatic rings. The molecule has 1 amide bonds. The second kappa shape index (κ2) is 5.86. The van der Waals surface area contributed by atoms with E-state index in [0.717, 1.165) is 5.56 Å². The van der Waals surface area contributed by atoms with Crippen molar-refractivity contribution in [1.29, 1.82) is 0 Å². The molecule has 0 bridgehead atoms. The largest absolute Gasteiger partial charge is 0.391 e. The molecule has 6 heteroatoms. The molecule has 0 saturated heterocycles. The first-order valence-electron chi connectivity index (χ1n) is 5.48. The standard InChI is InChI=1S/C12H15F3N2O/c1-8(6-12(13,14)15)17-11(18)10-4-2-3-9(5-10)7-16/h2-5,8H,6-7,16H2,1H3,(H,17,18). The van der Waals surface area contributed by atoms with Gasteiger partial charge in [0.2, 0.25) is 0 Å². The molecule has 0 spiro atoms. The van der Waals surface area contributed by atoms with E-state index < -0.39 is 24.5 Å². The monoisotopic (exact) mass is 260 g/mol. The Hall–Kier alpha value is -1.56. The minimum absolute atomic E-state index is 0.277. The van der Waals surface area contributed by atoms with Crippen molar-refractivity contribution < 1.29 is 18.0 Å². The molecule has 100 valence electrons. The van der Waals surface area contributed by atoms with Gasteiger partial charge in [-0.3, -0.25) is 4.79 Å². The van der Waals surface area contributed by atoms with E-state index in [1.165, 1.54) is 13.0 Å². The summed E-state index contributed by atoms with van der Waals surface area (Å²) in [5.41, 5.74) is 6.49. The van der Waals surface area contributed by atoms with Gasteiger partial charge in [0, 0.05) is 18.2 Å². The van der Waals surface area contributed by atoms with E-state index in [-0.39, 0.29) is 6.54 Å². The van der Waals surface area contributed by atoms with Crippen LogP contribution in [0.15, 0.2) is 24.3 Å². The number of carbonyl (C=O) groups excluding carboxylic acids is 1. The fraction of sp³-hybridized carbons (Fsp3) is 0.417. The van der Waals surface area contributed by atoms with Crippen molar-refractivity contribution in [2.24, 2.45) is 5.73 Å². The zero-order valence-corrected chi connectivity index (χ0v) is 9.92. The minimum Gasteiger partial charge on any atom is -0.349 e. The number of hydrogen-bond donors (Lipinski definition) is 2. The predicted molar refractivity (Wildman–Crippen MR) is 61.9 cm³/mol. The lowest BCUT2D eigenvalue weighted by Crippen LogP contribution is -2.36. The summed E-state index contributed by atoms with van der Waals surface area (Å²) >= 11 is 0. The second-order valence-electron chi connectivity index (χ2n) is 4.10. The molecule has 1 unspecified atom stereocenters. The molecular weight excluding hydrogens is 245 g/mol. The van der Waals surface area contributed by atoms with Crippen LogP contribution in [0.4, 0.5) is 13.2 Å². The molecule has 0 radical (unpaired) electrons. The highest BCUT2D eigenvalue weighted by molar-refractivity contribution is 5.94. The SMILES string of the molecule is CC(CC(F)(F)F)NC(=O)c1cccc(CN)c1. The number of nitrogens with two attached hydrogens (primary N) is 1. The molecule has 0 heterocycles. The van der Waals surface area contributed by atoms with Gasteiger partial charge in [-0.25, -0.2) is 0 Å². The van der Waals surface area contributed by atoms with Crippen molar-refractivity contribution in [3.63, 3.8) is 0 Å². The van der Waals surface area contributed by atoms with E-state index in [9.17, 15) is 18.0 Å². The molecule has 0 fully saturated rings. The molecule has 0 aliphatic heterocycles. The molecule has 0 aliphatic carbocycles. The average molecular weight is 260 g/mol. The third kappa shape index (κ3) is 4.75. The summed E-state index contributed by atoms with van der Waals surface area (Å²) in [7, 11) is 0. The van der Waals surface area contributed by atoms with Gasteiger partial charge in [-0.05, 0) is 24.6 Å². The summed E-state index contributed by atoms with van der Waals surface area (Å²) in [5, 5.41) is 2.30. The van der Waals surface area contributed by atoms with Gasteiger partial charge in [-0.2, -0.15) is 13.2 Å². The van der Waals surface area contributed by atoms with Gasteiger partial charge in [0.1, 0.15) is 0 Å². The van der Waals surface area contributed by atoms with Crippen LogP contribution >= 0.6 is 0 Å². The van der Waals surface area contributed by atoms with Gasteiger partial charge in [-0.15, -0.1) is 0 Å². The molecule has 1 aromatic carbocycles. The summed E-state index contributed by atoms with van der Waals surface area (Å²) < 4.78 is 36.3. The van der Waals surface area contributed by atoms with Crippen molar-refractivity contribution in [3.8, 4) is 0 Å². The summed E-state index contributed by atoms with van der Waals surface area (Å²) in [6.45, 7) is 1.59. The van der Waals surface area contributed by atoms with Crippen LogP contribution in [0.5, 0.6) is 0 Å². The number of rotatable bonds is 4. The lowest BCUT2D eigenvalue weighted by Gasteiger charge is -2.16. The molecule has 0 saturated carbocycles. The van der Waals surface area contributed by atoms with Crippen molar-refractivity contribution >= 4 is 5.91 Å². The van der Waals surface area contributed by atoms with E-state index in [1.807, 2.05) is 0 Å². The first kappa shape index (κ1) is 14.5. The third-order valence-corrected chi connectivity index (χ3v) is 2.34. The van der Waals surface area contributed by atoms with Gasteiger partial charge < -0.3 is 11.1 Å². The lowest BCUT2D eigenvalue weighted by molar-refractivity contribution is -0.138. The van der Waals surface area contributed by atoms with Crippen LogP contribution in [0.2, 0.25) is 0 Å². The van der Waals surface area contributed by atoms with Crippen LogP contribution in [-0.4, -0.2) is 18.1 Å². The van der Waals surface area contributed by atoms with E-state index in [0.29, 0.717) is 5.56 Å². The van der Waals surface area contributed by atoms with Gasteiger partial charge in [0.05, 0.1) is 6.42 Å². The van der Waals surface area contributed by atoms with Crippen molar-refractivity contribution in [3.05, 3.63) is 35.4 Å². The maximum Gasteiger partial charge on any atom is 0.391 e. The fourth-order valence-electron chi connectivity index (χ4n) is 1.54. The molecule has 1 atom stereocenters. The maximum atomic E-state index is 12.1. The number of nitrogens with one attached hydrogen (secondary N) is 1. The van der Waals surface area contributed by atoms with Crippen LogP contribution in [0.1, 0.15) is 29.3 Å². The van der Waals surface area contributed by atoms with E-state index >= 15 is 0 Å². The number of amides is 1. The fourth-order valence-corrected chi connectivity index (χ4v) is 1.54. The Labute approximate surface area is 103 Å². The first-order valence-corrected chi connectivity index (χ1v) is 5.48. The number of halogens is 3. The van der Waals surface area contributed by atoms with Crippen LogP contribution in [0.3, 0.4) is 0 Å². The Morgan fingerprint density at radius 2 is 2.11 bits per heavy atom. The highest BCUT2D eigenvalue weighted by Crippen LogP contribution is 2.21. The predicted octanol–water partition coefficient (Wildman–Crippen LogP) is 2.22. The molecule has 1 aromatic rings.